The standard InChI is InChI=1S/C23H27N3O6/c1-12(2)11-32-22(29)16-13(3)24-19-18(20(27)26(5)23(30)25(19)4)17(16)14-7-9-15(10-8-14)21(28)31-6/h7-10,12,17,24H,11H2,1-6H3. The number of nitrogens with one attached hydrogen (secondary N) is 1. The van der Waals surface area contributed by atoms with E-state index in [1.807, 2.05) is 13.8 Å². The van der Waals surface area contributed by atoms with Gasteiger partial charge in [0.2, 0.25) is 0 Å². The summed E-state index contributed by atoms with van der Waals surface area (Å²) >= 11 is 0. The van der Waals surface area contributed by atoms with Gasteiger partial charge in [0.1, 0.15) is 5.82 Å². The second-order valence-electron chi connectivity index (χ2n) is 8.17. The van der Waals surface area contributed by atoms with Crippen LogP contribution < -0.4 is 16.6 Å². The first-order chi connectivity index (χ1) is 15.1. The van der Waals surface area contributed by atoms with Gasteiger partial charge >= 0.3 is 17.6 Å². The molecule has 170 valence electrons. The summed E-state index contributed by atoms with van der Waals surface area (Å²) < 4.78 is 12.6. The van der Waals surface area contributed by atoms with Crippen LogP contribution in [0, 0.1) is 5.92 Å². The Bertz CT molecular complexity index is 1220. The molecule has 1 unspecified atom stereocenters. The third kappa shape index (κ3) is 3.98. The quantitative estimate of drug-likeness (QED) is 0.706. The van der Waals surface area contributed by atoms with Crippen molar-refractivity contribution in [1.82, 2.24) is 9.13 Å². The number of carbonyl (C=O) groups is 2. The number of methoxy groups -OCH3 is 1. The highest BCUT2D eigenvalue weighted by molar-refractivity contribution is 5.94. The summed E-state index contributed by atoms with van der Waals surface area (Å²) in [4.78, 5) is 50.6. The van der Waals surface area contributed by atoms with Crippen molar-refractivity contribution in [2.75, 3.05) is 19.0 Å². The molecule has 2 heterocycles. The molecule has 0 saturated heterocycles. The molecule has 32 heavy (non-hydrogen) atoms. The van der Waals surface area contributed by atoms with E-state index in [0.717, 1.165) is 4.57 Å². The first-order valence-electron chi connectivity index (χ1n) is 10.2. The molecule has 0 spiro atoms. The number of carbonyl (C=O) groups excluding carboxylic acids is 2. The number of nitrogens with zero attached hydrogens (tertiary/aromatic N) is 2. The molecule has 0 aliphatic carbocycles. The van der Waals surface area contributed by atoms with E-state index in [-0.39, 0.29) is 23.7 Å². The van der Waals surface area contributed by atoms with Gasteiger partial charge in [0.05, 0.1) is 36.3 Å². The Morgan fingerprint density at radius 3 is 2.25 bits per heavy atom. The number of allylic oxidation sites excluding steroid dienone is 1. The Morgan fingerprint density at radius 1 is 1.06 bits per heavy atom. The molecule has 1 N–H and O–H groups in total. The summed E-state index contributed by atoms with van der Waals surface area (Å²) in [5.41, 5.74) is 0.952. The summed E-state index contributed by atoms with van der Waals surface area (Å²) in [6.07, 6.45) is 0. The van der Waals surface area contributed by atoms with Crippen LogP contribution in [-0.4, -0.2) is 34.8 Å². The van der Waals surface area contributed by atoms with Crippen molar-refractivity contribution in [3.05, 3.63) is 73.1 Å². The molecule has 1 atom stereocenters. The van der Waals surface area contributed by atoms with Crippen LogP contribution in [0.15, 0.2) is 45.1 Å². The molecule has 9 nitrogen and oxygen atoms in total. The average molecular weight is 441 g/mol. The average Bonchev–Trinajstić information content (AvgIpc) is 2.78. The van der Waals surface area contributed by atoms with Crippen molar-refractivity contribution >= 4 is 17.8 Å². The van der Waals surface area contributed by atoms with Crippen LogP contribution >= 0.6 is 0 Å². The predicted octanol–water partition coefficient (Wildman–Crippen LogP) is 1.90. The molecule has 1 aliphatic rings. The molecule has 9 heteroatoms. The second kappa shape index (κ2) is 8.86. The third-order valence-corrected chi connectivity index (χ3v) is 5.42. The number of aromatic nitrogens is 2. The zero-order chi connectivity index (χ0) is 23.7. The minimum Gasteiger partial charge on any atom is -0.465 e. The van der Waals surface area contributed by atoms with Crippen LogP contribution in [0.2, 0.25) is 0 Å². The van der Waals surface area contributed by atoms with E-state index in [4.69, 9.17) is 9.47 Å². The monoisotopic (exact) mass is 441 g/mol. The highest BCUT2D eigenvalue weighted by atomic mass is 16.5. The largest absolute Gasteiger partial charge is 0.465 e. The number of esters is 2. The fourth-order valence-corrected chi connectivity index (χ4v) is 3.74. The van der Waals surface area contributed by atoms with Crippen LogP contribution in [0.25, 0.3) is 0 Å². The molecule has 1 aromatic heterocycles. The first kappa shape index (κ1) is 23.1. The molecule has 3 rings (SSSR count). The first-order valence-corrected chi connectivity index (χ1v) is 10.2. The fraction of sp³-hybridized carbons (Fsp3) is 0.391. The molecule has 0 amide bonds. The number of hydrogen-bond acceptors (Lipinski definition) is 7. The van der Waals surface area contributed by atoms with E-state index >= 15 is 0 Å². The molecule has 0 radical (unpaired) electrons. The van der Waals surface area contributed by atoms with Crippen LogP contribution in [-0.2, 0) is 28.4 Å². The summed E-state index contributed by atoms with van der Waals surface area (Å²) in [6, 6.07) is 6.47. The maximum Gasteiger partial charge on any atom is 0.337 e. The number of fused-ring (bicyclic) bond motifs is 1. The lowest BCUT2D eigenvalue weighted by Crippen LogP contribution is -2.43. The van der Waals surface area contributed by atoms with Crippen molar-refractivity contribution in [2.24, 2.45) is 20.0 Å². The molecule has 0 bridgehead atoms. The van der Waals surface area contributed by atoms with Gasteiger partial charge in [-0.15, -0.1) is 0 Å². The zero-order valence-electron chi connectivity index (χ0n) is 19.0. The van der Waals surface area contributed by atoms with Gasteiger partial charge in [-0.05, 0) is 30.5 Å². The number of rotatable bonds is 5. The lowest BCUT2D eigenvalue weighted by molar-refractivity contribution is -0.140. The minimum atomic E-state index is -0.789. The van der Waals surface area contributed by atoms with E-state index in [1.54, 1.807) is 38.2 Å². The van der Waals surface area contributed by atoms with Gasteiger partial charge in [-0.2, -0.15) is 0 Å². The van der Waals surface area contributed by atoms with Gasteiger partial charge in [-0.1, -0.05) is 26.0 Å². The van der Waals surface area contributed by atoms with Gasteiger partial charge in [0, 0.05) is 19.8 Å². The lowest BCUT2D eigenvalue weighted by atomic mass is 9.82. The SMILES string of the molecule is COC(=O)c1ccc(C2C(C(=O)OCC(C)C)=C(C)Nc3c2c(=O)n(C)c(=O)n3C)cc1. The van der Waals surface area contributed by atoms with Crippen molar-refractivity contribution in [1.29, 1.82) is 0 Å². The fourth-order valence-electron chi connectivity index (χ4n) is 3.74. The Morgan fingerprint density at radius 2 is 1.69 bits per heavy atom. The molecular weight excluding hydrogens is 414 g/mol. The van der Waals surface area contributed by atoms with Crippen LogP contribution in [0.1, 0.15) is 48.2 Å². The van der Waals surface area contributed by atoms with E-state index < -0.39 is 29.1 Å². The second-order valence-corrected chi connectivity index (χ2v) is 8.17. The van der Waals surface area contributed by atoms with Crippen LogP contribution in [0.5, 0.6) is 0 Å². The Kier molecular flexibility index (Phi) is 6.38. The van der Waals surface area contributed by atoms with Gasteiger partial charge in [-0.25, -0.2) is 14.4 Å². The molecule has 2 aromatic rings. The lowest BCUT2D eigenvalue weighted by Gasteiger charge is -2.31. The number of benzene rings is 1. The zero-order valence-corrected chi connectivity index (χ0v) is 19.0. The van der Waals surface area contributed by atoms with Crippen molar-refractivity contribution in [3.8, 4) is 0 Å². The van der Waals surface area contributed by atoms with E-state index in [1.165, 1.54) is 18.7 Å². The molecule has 1 aromatic carbocycles. The summed E-state index contributed by atoms with van der Waals surface area (Å²) in [7, 11) is 4.24. The normalized spacial score (nSPS) is 15.3. The smallest absolute Gasteiger partial charge is 0.337 e. The number of hydrogen-bond donors (Lipinski definition) is 1. The van der Waals surface area contributed by atoms with Crippen LogP contribution in [0.3, 0.4) is 0 Å². The van der Waals surface area contributed by atoms with Gasteiger partial charge in [0.25, 0.3) is 5.56 Å². The van der Waals surface area contributed by atoms with Gasteiger partial charge in [-0.3, -0.25) is 13.9 Å². The number of anilines is 1. The predicted molar refractivity (Wildman–Crippen MR) is 119 cm³/mol. The van der Waals surface area contributed by atoms with E-state index in [9.17, 15) is 19.2 Å². The van der Waals surface area contributed by atoms with Crippen molar-refractivity contribution in [3.63, 3.8) is 0 Å². The minimum absolute atomic E-state index is 0.134. The summed E-state index contributed by atoms with van der Waals surface area (Å²) in [5.74, 6) is -1.38. The maximum absolute atomic E-state index is 13.2. The Labute approximate surface area is 185 Å². The Hall–Kier alpha value is -3.62. The molecule has 0 fully saturated rings. The summed E-state index contributed by atoms with van der Waals surface area (Å²) in [5, 5.41) is 3.05. The third-order valence-electron chi connectivity index (χ3n) is 5.42. The number of ether oxygens (including phenoxy) is 2. The van der Waals surface area contributed by atoms with E-state index in [2.05, 4.69) is 5.32 Å². The van der Waals surface area contributed by atoms with Crippen molar-refractivity contribution < 1.29 is 19.1 Å². The van der Waals surface area contributed by atoms with E-state index in [0.29, 0.717) is 22.6 Å². The van der Waals surface area contributed by atoms with Gasteiger partial charge < -0.3 is 14.8 Å². The topological polar surface area (TPSA) is 109 Å². The Balaban J connectivity index is 2.25. The van der Waals surface area contributed by atoms with Crippen molar-refractivity contribution in [2.45, 2.75) is 26.7 Å². The highest BCUT2D eigenvalue weighted by Gasteiger charge is 2.37. The molecule has 0 saturated carbocycles. The maximum atomic E-state index is 13.2. The highest BCUT2D eigenvalue weighted by Crippen LogP contribution is 2.40. The summed E-state index contributed by atoms with van der Waals surface area (Å²) in [6.45, 7) is 5.78. The molecule has 1 aliphatic heterocycles. The molecular formula is C23H27N3O6. The van der Waals surface area contributed by atoms with Gasteiger partial charge in [0.15, 0.2) is 0 Å². The van der Waals surface area contributed by atoms with Crippen LogP contribution in [0.4, 0.5) is 5.82 Å².